The Morgan fingerprint density at radius 3 is 2.58 bits per heavy atom. The molecule has 3 aromatic rings. The van der Waals surface area contributed by atoms with E-state index < -0.39 is 11.8 Å². The van der Waals surface area contributed by atoms with Gasteiger partial charge in [0.15, 0.2) is 0 Å². The Balaban J connectivity index is 1.33. The fourth-order valence-electron chi connectivity index (χ4n) is 4.72. The SMILES string of the molecule is COC(=O)c1ccc(CNCC(OCC2=CC=C(CCc3ccccc3)C(C)C2)c2ccc(C)s2)cc1F. The summed E-state index contributed by atoms with van der Waals surface area (Å²) in [5, 5.41) is 3.40. The molecule has 1 heterocycles. The molecule has 1 aliphatic carbocycles. The van der Waals surface area contributed by atoms with Crippen LogP contribution in [0.1, 0.15) is 57.1 Å². The molecular formula is C32H36FNO3S. The average Bonchev–Trinajstić information content (AvgIpc) is 3.36. The summed E-state index contributed by atoms with van der Waals surface area (Å²) < 4.78 is 25.4. The second-order valence-electron chi connectivity index (χ2n) is 9.84. The quantitative estimate of drug-likeness (QED) is 0.247. The van der Waals surface area contributed by atoms with Gasteiger partial charge >= 0.3 is 5.97 Å². The first-order valence-electron chi connectivity index (χ1n) is 13.1. The van der Waals surface area contributed by atoms with Crippen LogP contribution in [-0.4, -0.2) is 26.2 Å². The summed E-state index contributed by atoms with van der Waals surface area (Å²) in [6, 6.07) is 19.5. The zero-order chi connectivity index (χ0) is 26.9. The molecule has 38 heavy (non-hydrogen) atoms. The molecule has 0 saturated heterocycles. The molecule has 4 nitrogen and oxygen atoms in total. The average molecular weight is 534 g/mol. The third-order valence-corrected chi connectivity index (χ3v) is 8.02. The van der Waals surface area contributed by atoms with E-state index in [4.69, 9.17) is 4.74 Å². The number of hydrogen-bond donors (Lipinski definition) is 1. The summed E-state index contributed by atoms with van der Waals surface area (Å²) in [6.07, 6.45) is 7.57. The van der Waals surface area contributed by atoms with Gasteiger partial charge in [0.1, 0.15) is 11.9 Å². The molecule has 1 aromatic heterocycles. The van der Waals surface area contributed by atoms with E-state index in [9.17, 15) is 9.18 Å². The Morgan fingerprint density at radius 1 is 1.08 bits per heavy atom. The van der Waals surface area contributed by atoms with E-state index in [0.717, 1.165) is 24.8 Å². The van der Waals surface area contributed by atoms with Crippen molar-refractivity contribution < 1.29 is 18.7 Å². The third kappa shape index (κ3) is 7.73. The molecule has 1 aliphatic rings. The van der Waals surface area contributed by atoms with Gasteiger partial charge in [-0.1, -0.05) is 61.0 Å². The summed E-state index contributed by atoms with van der Waals surface area (Å²) in [6.45, 7) is 6.04. The maximum Gasteiger partial charge on any atom is 0.340 e. The van der Waals surface area contributed by atoms with E-state index >= 15 is 0 Å². The van der Waals surface area contributed by atoms with Gasteiger partial charge in [0.25, 0.3) is 0 Å². The van der Waals surface area contributed by atoms with E-state index in [1.54, 1.807) is 17.4 Å². The minimum Gasteiger partial charge on any atom is -0.465 e. The van der Waals surface area contributed by atoms with Gasteiger partial charge in [0, 0.05) is 22.8 Å². The summed E-state index contributed by atoms with van der Waals surface area (Å²) in [4.78, 5) is 14.1. The fourth-order valence-corrected chi connectivity index (χ4v) is 5.65. The largest absolute Gasteiger partial charge is 0.465 e. The molecule has 0 spiro atoms. The molecule has 200 valence electrons. The van der Waals surface area contributed by atoms with Crippen molar-refractivity contribution in [3.63, 3.8) is 0 Å². The van der Waals surface area contributed by atoms with Crippen LogP contribution in [0.15, 0.2) is 84.0 Å². The molecule has 0 aliphatic heterocycles. The number of aryl methyl sites for hydroxylation is 2. The van der Waals surface area contributed by atoms with Gasteiger partial charge in [0.2, 0.25) is 0 Å². The molecule has 2 aromatic carbocycles. The van der Waals surface area contributed by atoms with Gasteiger partial charge in [-0.15, -0.1) is 11.3 Å². The van der Waals surface area contributed by atoms with E-state index in [-0.39, 0.29) is 11.7 Å². The van der Waals surface area contributed by atoms with Crippen molar-refractivity contribution in [1.82, 2.24) is 5.32 Å². The Morgan fingerprint density at radius 2 is 1.89 bits per heavy atom. The number of halogens is 1. The van der Waals surface area contributed by atoms with Gasteiger partial charge in [0.05, 0.1) is 19.3 Å². The minimum absolute atomic E-state index is 0.0567. The van der Waals surface area contributed by atoms with Crippen molar-refractivity contribution in [1.29, 1.82) is 0 Å². The van der Waals surface area contributed by atoms with Crippen molar-refractivity contribution in [2.75, 3.05) is 20.3 Å². The maximum atomic E-state index is 14.3. The number of ether oxygens (including phenoxy) is 2. The lowest BCUT2D eigenvalue weighted by atomic mass is 9.85. The van der Waals surface area contributed by atoms with Crippen molar-refractivity contribution >= 4 is 17.3 Å². The van der Waals surface area contributed by atoms with E-state index in [1.165, 1.54) is 45.7 Å². The second kappa shape index (κ2) is 13.7. The van der Waals surface area contributed by atoms with E-state index in [2.05, 4.69) is 78.5 Å². The zero-order valence-electron chi connectivity index (χ0n) is 22.3. The predicted molar refractivity (Wildman–Crippen MR) is 152 cm³/mol. The number of allylic oxidation sites excluding steroid dienone is 3. The monoisotopic (exact) mass is 533 g/mol. The lowest BCUT2D eigenvalue weighted by Gasteiger charge is -2.24. The summed E-state index contributed by atoms with van der Waals surface area (Å²) in [5.74, 6) is -0.744. The van der Waals surface area contributed by atoms with Gasteiger partial charge in [-0.05, 0) is 73.1 Å². The van der Waals surface area contributed by atoms with Crippen molar-refractivity contribution in [2.24, 2.45) is 5.92 Å². The number of carbonyl (C=O) groups is 1. The van der Waals surface area contributed by atoms with Crippen LogP contribution >= 0.6 is 11.3 Å². The molecule has 1 N–H and O–H groups in total. The van der Waals surface area contributed by atoms with Gasteiger partial charge in [-0.3, -0.25) is 0 Å². The molecule has 0 amide bonds. The Labute approximate surface area is 229 Å². The first-order chi connectivity index (χ1) is 18.4. The molecular weight excluding hydrogens is 497 g/mol. The van der Waals surface area contributed by atoms with E-state index in [0.29, 0.717) is 25.6 Å². The highest BCUT2D eigenvalue weighted by Gasteiger charge is 2.19. The standard InChI is InChI=1S/C32H36FNO3S/c1-22-17-26(11-14-27(22)13-10-24-7-5-4-6-8-24)21-37-30(31-16-9-23(2)38-31)20-34-19-25-12-15-28(29(33)18-25)32(35)36-3/h4-9,11-12,14-16,18,22,30,34H,10,13,17,19-21H2,1-3H3. The number of nitrogens with one attached hydrogen (secondary N) is 1. The van der Waals surface area contributed by atoms with Gasteiger partial charge in [-0.2, -0.15) is 0 Å². The molecule has 2 atom stereocenters. The van der Waals surface area contributed by atoms with Crippen LogP contribution in [0.4, 0.5) is 4.39 Å². The van der Waals surface area contributed by atoms with E-state index in [1.807, 2.05) is 0 Å². The van der Waals surface area contributed by atoms with Crippen LogP contribution in [0.2, 0.25) is 0 Å². The molecule has 0 bridgehead atoms. The molecule has 0 fully saturated rings. The Bertz CT molecular complexity index is 1280. The molecule has 0 saturated carbocycles. The molecule has 0 radical (unpaired) electrons. The van der Waals surface area contributed by atoms with Crippen LogP contribution in [0.25, 0.3) is 0 Å². The number of benzene rings is 2. The number of thiophene rings is 1. The number of carbonyl (C=O) groups excluding carboxylic acids is 1. The first-order valence-corrected chi connectivity index (χ1v) is 13.9. The van der Waals surface area contributed by atoms with Gasteiger partial charge in [-0.25, -0.2) is 9.18 Å². The van der Waals surface area contributed by atoms with Crippen LogP contribution in [0.3, 0.4) is 0 Å². The van der Waals surface area contributed by atoms with Crippen molar-refractivity contribution in [3.05, 3.63) is 116 Å². The Kier molecular flexibility index (Phi) is 10.0. The third-order valence-electron chi connectivity index (χ3n) is 6.93. The highest BCUT2D eigenvalue weighted by molar-refractivity contribution is 7.12. The predicted octanol–water partition coefficient (Wildman–Crippen LogP) is 7.36. The molecule has 2 unspecified atom stereocenters. The van der Waals surface area contributed by atoms with Crippen LogP contribution in [0.5, 0.6) is 0 Å². The van der Waals surface area contributed by atoms with Gasteiger partial charge < -0.3 is 14.8 Å². The maximum absolute atomic E-state index is 14.3. The zero-order valence-corrected chi connectivity index (χ0v) is 23.2. The smallest absolute Gasteiger partial charge is 0.340 e. The lowest BCUT2D eigenvalue weighted by molar-refractivity contribution is 0.0595. The highest BCUT2D eigenvalue weighted by Crippen LogP contribution is 2.31. The lowest BCUT2D eigenvalue weighted by Crippen LogP contribution is -2.24. The highest BCUT2D eigenvalue weighted by atomic mass is 32.1. The molecule has 6 heteroatoms. The topological polar surface area (TPSA) is 47.6 Å². The van der Waals surface area contributed by atoms with Crippen molar-refractivity contribution in [2.45, 2.75) is 45.8 Å². The van der Waals surface area contributed by atoms with Crippen LogP contribution in [0, 0.1) is 18.7 Å². The number of esters is 1. The van der Waals surface area contributed by atoms with Crippen LogP contribution < -0.4 is 5.32 Å². The molecule has 4 rings (SSSR count). The normalized spacial score (nSPS) is 16.1. The van der Waals surface area contributed by atoms with Crippen LogP contribution in [-0.2, 0) is 22.4 Å². The Hall–Kier alpha value is -3.06. The first kappa shape index (κ1) is 28.0. The second-order valence-corrected chi connectivity index (χ2v) is 11.2. The number of rotatable bonds is 12. The summed E-state index contributed by atoms with van der Waals surface area (Å²) in [7, 11) is 1.24. The fraction of sp³-hybridized carbons (Fsp3) is 0.344. The van der Waals surface area contributed by atoms with Crippen molar-refractivity contribution in [3.8, 4) is 0 Å². The summed E-state index contributed by atoms with van der Waals surface area (Å²) >= 11 is 1.74. The number of hydrogen-bond acceptors (Lipinski definition) is 5. The minimum atomic E-state index is -0.673. The summed E-state index contributed by atoms with van der Waals surface area (Å²) in [5.41, 5.74) is 4.88. The number of methoxy groups -OCH3 is 1.